The third kappa shape index (κ3) is 4.46. The molecule has 0 saturated carbocycles. The minimum Gasteiger partial charge on any atom is -0.481 e. The molecule has 1 aliphatic heterocycles. The Bertz CT molecular complexity index is 269. The van der Waals surface area contributed by atoms with Gasteiger partial charge in [0.05, 0.1) is 5.41 Å². The summed E-state index contributed by atoms with van der Waals surface area (Å²) in [5.41, 5.74) is -0.444. The second-order valence-electron chi connectivity index (χ2n) is 5.70. The Hall–Kier alpha value is -0.610. The molecule has 1 N–H and O–H groups in total. The molecule has 19 heavy (non-hydrogen) atoms. The Balaban J connectivity index is 2.41. The number of rotatable bonds is 8. The summed E-state index contributed by atoms with van der Waals surface area (Å²) in [5, 5.41) is 9.47. The molecule has 1 aliphatic rings. The van der Waals surface area contributed by atoms with Gasteiger partial charge in [0, 0.05) is 13.1 Å². The van der Waals surface area contributed by atoms with Crippen molar-refractivity contribution in [3.63, 3.8) is 0 Å². The average Bonchev–Trinajstić information content (AvgIpc) is 2.42. The lowest BCUT2D eigenvalue weighted by Crippen LogP contribution is -2.46. The smallest absolute Gasteiger partial charge is 0.309 e. The van der Waals surface area contributed by atoms with Gasteiger partial charge in [-0.2, -0.15) is 0 Å². The van der Waals surface area contributed by atoms with Crippen molar-refractivity contribution in [2.24, 2.45) is 5.41 Å². The maximum Gasteiger partial charge on any atom is 0.309 e. The number of carboxylic acid groups (broad SMARTS) is 1. The molecule has 1 fully saturated rings. The summed E-state index contributed by atoms with van der Waals surface area (Å²) in [6.45, 7) is 12.7. The van der Waals surface area contributed by atoms with Crippen LogP contribution in [0.3, 0.4) is 0 Å². The first-order valence-corrected chi connectivity index (χ1v) is 7.76. The van der Waals surface area contributed by atoms with Crippen LogP contribution >= 0.6 is 0 Å². The van der Waals surface area contributed by atoms with Crippen LogP contribution in [0.25, 0.3) is 0 Å². The van der Waals surface area contributed by atoms with E-state index in [9.17, 15) is 9.90 Å². The molecule has 4 nitrogen and oxygen atoms in total. The predicted molar refractivity (Wildman–Crippen MR) is 78.4 cm³/mol. The summed E-state index contributed by atoms with van der Waals surface area (Å²) in [7, 11) is 0. The van der Waals surface area contributed by atoms with Crippen molar-refractivity contribution in [1.82, 2.24) is 9.80 Å². The van der Waals surface area contributed by atoms with E-state index in [2.05, 4.69) is 30.6 Å². The van der Waals surface area contributed by atoms with Crippen LogP contribution in [0, 0.1) is 5.41 Å². The van der Waals surface area contributed by atoms with E-state index in [1.54, 1.807) is 0 Å². The van der Waals surface area contributed by atoms with Gasteiger partial charge >= 0.3 is 5.97 Å². The fraction of sp³-hybridized carbons (Fsp3) is 0.933. The van der Waals surface area contributed by atoms with E-state index in [-0.39, 0.29) is 0 Å². The first kappa shape index (κ1) is 16.4. The SMILES string of the molecule is CCCC1(C(=O)O)CCN(CCN(CC)CC)CC1. The van der Waals surface area contributed by atoms with Crippen molar-refractivity contribution >= 4 is 5.97 Å². The van der Waals surface area contributed by atoms with Gasteiger partial charge in [-0.25, -0.2) is 0 Å². The molecule has 0 radical (unpaired) electrons. The molecule has 0 aromatic heterocycles. The predicted octanol–water partition coefficient (Wildman–Crippen LogP) is 2.30. The molecule has 0 bridgehead atoms. The normalized spacial score (nSPS) is 19.8. The zero-order valence-electron chi connectivity index (χ0n) is 12.8. The number of hydrogen-bond donors (Lipinski definition) is 1. The van der Waals surface area contributed by atoms with Gasteiger partial charge in [0.25, 0.3) is 0 Å². The zero-order valence-corrected chi connectivity index (χ0v) is 12.8. The van der Waals surface area contributed by atoms with Gasteiger partial charge in [0.2, 0.25) is 0 Å². The van der Waals surface area contributed by atoms with Crippen LogP contribution in [-0.2, 0) is 4.79 Å². The largest absolute Gasteiger partial charge is 0.481 e. The topological polar surface area (TPSA) is 43.8 Å². The summed E-state index contributed by atoms with van der Waals surface area (Å²) in [6.07, 6.45) is 3.42. The standard InChI is InChI=1S/C15H30N2O2/c1-4-7-15(14(18)19)8-10-17(11-9-15)13-12-16(5-2)6-3/h4-13H2,1-3H3,(H,18,19). The first-order valence-electron chi connectivity index (χ1n) is 7.76. The molecule has 4 heteroatoms. The molecule has 0 atom stereocenters. The molecule has 1 rings (SSSR count). The zero-order chi connectivity index (χ0) is 14.3. The van der Waals surface area contributed by atoms with Crippen LogP contribution in [0.1, 0.15) is 46.5 Å². The highest BCUT2D eigenvalue weighted by molar-refractivity contribution is 5.74. The Kier molecular flexibility index (Phi) is 6.80. The molecule has 0 amide bonds. The van der Waals surface area contributed by atoms with Crippen LogP contribution in [0.4, 0.5) is 0 Å². The van der Waals surface area contributed by atoms with Crippen LogP contribution < -0.4 is 0 Å². The number of hydrogen-bond acceptors (Lipinski definition) is 3. The second kappa shape index (κ2) is 7.85. The minimum absolute atomic E-state index is 0.444. The molecular formula is C15H30N2O2. The van der Waals surface area contributed by atoms with Gasteiger partial charge in [-0.15, -0.1) is 0 Å². The van der Waals surface area contributed by atoms with Crippen LogP contribution in [-0.4, -0.2) is 60.1 Å². The summed E-state index contributed by atoms with van der Waals surface area (Å²) in [6, 6.07) is 0. The first-order chi connectivity index (χ1) is 9.07. The number of carbonyl (C=O) groups is 1. The van der Waals surface area contributed by atoms with Crippen molar-refractivity contribution < 1.29 is 9.90 Å². The third-order valence-corrected chi connectivity index (χ3v) is 4.62. The number of likely N-dealkylation sites (tertiary alicyclic amines) is 1. The molecule has 0 aromatic rings. The van der Waals surface area contributed by atoms with Gasteiger partial charge < -0.3 is 14.9 Å². The number of piperidine rings is 1. The number of likely N-dealkylation sites (N-methyl/N-ethyl adjacent to an activating group) is 1. The van der Waals surface area contributed by atoms with Crippen molar-refractivity contribution in [3.05, 3.63) is 0 Å². The Morgan fingerprint density at radius 1 is 1.21 bits per heavy atom. The summed E-state index contributed by atoms with van der Waals surface area (Å²) >= 11 is 0. The maximum atomic E-state index is 11.5. The van der Waals surface area contributed by atoms with Crippen LogP contribution in [0.5, 0.6) is 0 Å². The van der Waals surface area contributed by atoms with E-state index in [1.807, 2.05) is 0 Å². The van der Waals surface area contributed by atoms with Gasteiger partial charge in [0.15, 0.2) is 0 Å². The quantitative estimate of drug-likeness (QED) is 0.735. The molecular weight excluding hydrogens is 240 g/mol. The molecule has 1 saturated heterocycles. The van der Waals surface area contributed by atoms with Crippen LogP contribution in [0.15, 0.2) is 0 Å². The van der Waals surface area contributed by atoms with Crippen molar-refractivity contribution in [1.29, 1.82) is 0 Å². The summed E-state index contributed by atoms with van der Waals surface area (Å²) in [5.74, 6) is -0.585. The van der Waals surface area contributed by atoms with Gasteiger partial charge in [-0.05, 0) is 45.4 Å². The third-order valence-electron chi connectivity index (χ3n) is 4.62. The van der Waals surface area contributed by atoms with Crippen molar-refractivity contribution in [2.75, 3.05) is 39.3 Å². The highest BCUT2D eigenvalue weighted by Gasteiger charge is 2.40. The molecule has 1 heterocycles. The molecule has 0 aliphatic carbocycles. The highest BCUT2D eigenvalue weighted by Crippen LogP contribution is 2.36. The summed E-state index contributed by atoms with van der Waals surface area (Å²) in [4.78, 5) is 16.4. The number of aliphatic carboxylic acids is 1. The van der Waals surface area contributed by atoms with E-state index >= 15 is 0 Å². The molecule has 0 unspecified atom stereocenters. The van der Waals surface area contributed by atoms with Crippen molar-refractivity contribution in [3.8, 4) is 0 Å². The number of carboxylic acids is 1. The van der Waals surface area contributed by atoms with E-state index in [0.717, 1.165) is 65.0 Å². The van der Waals surface area contributed by atoms with Crippen LogP contribution in [0.2, 0.25) is 0 Å². The number of nitrogens with zero attached hydrogens (tertiary/aromatic N) is 2. The van der Waals surface area contributed by atoms with Gasteiger partial charge in [0.1, 0.15) is 0 Å². The monoisotopic (exact) mass is 270 g/mol. The maximum absolute atomic E-state index is 11.5. The van der Waals surface area contributed by atoms with Crippen molar-refractivity contribution in [2.45, 2.75) is 46.5 Å². The second-order valence-corrected chi connectivity index (χ2v) is 5.70. The van der Waals surface area contributed by atoms with E-state index in [1.165, 1.54) is 0 Å². The Morgan fingerprint density at radius 3 is 2.21 bits per heavy atom. The Morgan fingerprint density at radius 2 is 1.79 bits per heavy atom. The minimum atomic E-state index is -0.585. The molecule has 112 valence electrons. The van der Waals surface area contributed by atoms with Gasteiger partial charge in [-0.1, -0.05) is 27.2 Å². The molecule has 0 spiro atoms. The lowest BCUT2D eigenvalue weighted by Gasteiger charge is -2.39. The average molecular weight is 270 g/mol. The van der Waals surface area contributed by atoms with Gasteiger partial charge in [-0.3, -0.25) is 4.79 Å². The Labute approximate surface area is 117 Å². The fourth-order valence-corrected chi connectivity index (χ4v) is 3.08. The fourth-order valence-electron chi connectivity index (χ4n) is 3.08. The lowest BCUT2D eigenvalue weighted by molar-refractivity contribution is -0.152. The van der Waals surface area contributed by atoms with E-state index in [4.69, 9.17) is 0 Å². The molecule has 0 aromatic carbocycles. The lowest BCUT2D eigenvalue weighted by atomic mass is 9.75. The van der Waals surface area contributed by atoms with E-state index < -0.39 is 11.4 Å². The van der Waals surface area contributed by atoms with E-state index in [0.29, 0.717) is 0 Å². The summed E-state index contributed by atoms with van der Waals surface area (Å²) < 4.78 is 0. The highest BCUT2D eigenvalue weighted by atomic mass is 16.4.